The minimum absolute atomic E-state index is 0.0412. The van der Waals surface area contributed by atoms with Crippen molar-refractivity contribution in [2.75, 3.05) is 18.4 Å². The van der Waals surface area contributed by atoms with E-state index in [9.17, 15) is 9.18 Å². The van der Waals surface area contributed by atoms with Gasteiger partial charge in [0.1, 0.15) is 5.82 Å². The maximum absolute atomic E-state index is 14.2. The Morgan fingerprint density at radius 2 is 2.03 bits per heavy atom. The molecule has 1 aromatic heterocycles. The number of aryl methyl sites for hydroxylation is 1. The summed E-state index contributed by atoms with van der Waals surface area (Å²) in [6, 6.07) is 15.0. The molecule has 0 fully saturated rings. The number of amides is 1. The summed E-state index contributed by atoms with van der Waals surface area (Å²) in [5, 5.41) is 2.74. The Morgan fingerprint density at radius 1 is 1.27 bits per heavy atom. The van der Waals surface area contributed by atoms with Crippen LogP contribution in [0, 0.1) is 12.7 Å². The van der Waals surface area contributed by atoms with Crippen molar-refractivity contribution < 1.29 is 9.18 Å². The van der Waals surface area contributed by atoms with Crippen LogP contribution in [0.4, 0.5) is 10.1 Å². The lowest BCUT2D eigenvalue weighted by Gasteiger charge is -2.36. The number of carbonyl (C=O) groups is 1. The lowest BCUT2D eigenvalue weighted by atomic mass is 9.91. The second-order valence-electron chi connectivity index (χ2n) is 7.54. The molecule has 0 unspecified atom stereocenters. The van der Waals surface area contributed by atoms with Gasteiger partial charge in [-0.3, -0.25) is 9.69 Å². The van der Waals surface area contributed by atoms with Crippen molar-refractivity contribution >= 4 is 38.9 Å². The fourth-order valence-electron chi connectivity index (χ4n) is 4.29. The predicted octanol–water partition coefficient (Wildman–Crippen LogP) is 6.11. The molecule has 1 aliphatic rings. The summed E-state index contributed by atoms with van der Waals surface area (Å²) in [4.78, 5) is 17.7. The molecule has 6 heteroatoms. The van der Waals surface area contributed by atoms with Gasteiger partial charge in [-0.1, -0.05) is 53.2 Å². The summed E-state index contributed by atoms with van der Waals surface area (Å²) in [7, 11) is 0. The van der Waals surface area contributed by atoms with Gasteiger partial charge in [0.15, 0.2) is 0 Å². The maximum Gasteiger partial charge on any atom is 0.238 e. The van der Waals surface area contributed by atoms with Gasteiger partial charge in [0.05, 0.1) is 18.3 Å². The van der Waals surface area contributed by atoms with Crippen LogP contribution >= 0.6 is 27.3 Å². The summed E-state index contributed by atoms with van der Waals surface area (Å²) < 4.78 is 14.8. The van der Waals surface area contributed by atoms with Crippen molar-refractivity contribution in [3.63, 3.8) is 0 Å². The predicted molar refractivity (Wildman–Crippen MR) is 125 cm³/mol. The Kier molecular flexibility index (Phi) is 6.37. The van der Waals surface area contributed by atoms with Crippen molar-refractivity contribution in [2.45, 2.75) is 32.7 Å². The van der Waals surface area contributed by atoms with E-state index in [2.05, 4.69) is 52.1 Å². The number of hydrogen-bond donors (Lipinski definition) is 1. The maximum atomic E-state index is 14.2. The fraction of sp³-hybridized carbons (Fsp3) is 0.292. The molecule has 3 aromatic rings. The first-order valence-electron chi connectivity index (χ1n) is 10.1. The molecule has 1 atom stereocenters. The molecule has 4 rings (SSSR count). The van der Waals surface area contributed by atoms with E-state index in [1.807, 2.05) is 29.5 Å². The highest BCUT2D eigenvalue weighted by Gasteiger charge is 2.33. The first-order valence-corrected chi connectivity index (χ1v) is 11.7. The molecule has 0 radical (unpaired) electrons. The normalized spacial score (nSPS) is 16.3. The lowest BCUT2D eigenvalue weighted by molar-refractivity contribution is -0.117. The van der Waals surface area contributed by atoms with E-state index in [1.54, 1.807) is 12.1 Å². The Balaban J connectivity index is 1.62. The van der Waals surface area contributed by atoms with E-state index in [0.717, 1.165) is 19.4 Å². The Hall–Kier alpha value is -2.02. The van der Waals surface area contributed by atoms with Crippen molar-refractivity contribution in [2.24, 2.45) is 0 Å². The number of nitrogens with one attached hydrogen (secondary N) is 1. The highest BCUT2D eigenvalue weighted by atomic mass is 79.9. The molecule has 1 amide bonds. The number of fused-ring (bicyclic) bond motifs is 1. The highest BCUT2D eigenvalue weighted by molar-refractivity contribution is 9.10. The van der Waals surface area contributed by atoms with Crippen molar-refractivity contribution in [1.82, 2.24) is 4.90 Å². The zero-order valence-corrected chi connectivity index (χ0v) is 19.4. The van der Waals surface area contributed by atoms with Gasteiger partial charge >= 0.3 is 0 Å². The quantitative estimate of drug-likeness (QED) is 0.471. The average molecular weight is 487 g/mol. The van der Waals surface area contributed by atoms with Gasteiger partial charge in [0.25, 0.3) is 0 Å². The number of rotatable bonds is 5. The topological polar surface area (TPSA) is 32.3 Å². The molecule has 30 heavy (non-hydrogen) atoms. The number of thiophene rings is 1. The van der Waals surface area contributed by atoms with Gasteiger partial charge in [-0.25, -0.2) is 4.39 Å². The first kappa shape index (κ1) is 21.2. The molecule has 2 heterocycles. The zero-order valence-electron chi connectivity index (χ0n) is 17.0. The molecule has 0 bridgehead atoms. The van der Waals surface area contributed by atoms with E-state index in [4.69, 9.17) is 0 Å². The Morgan fingerprint density at radius 3 is 2.73 bits per heavy atom. The van der Waals surface area contributed by atoms with Gasteiger partial charge < -0.3 is 5.32 Å². The van der Waals surface area contributed by atoms with Crippen LogP contribution in [0.2, 0.25) is 0 Å². The molecule has 0 aliphatic carbocycles. The van der Waals surface area contributed by atoms with Crippen LogP contribution in [0.1, 0.15) is 39.4 Å². The summed E-state index contributed by atoms with van der Waals surface area (Å²) in [6.45, 7) is 5.41. The van der Waals surface area contributed by atoms with Crippen LogP contribution < -0.4 is 5.32 Å². The molecule has 3 nitrogen and oxygen atoms in total. The largest absolute Gasteiger partial charge is 0.322 e. The minimum atomic E-state index is -0.445. The number of halogens is 2. The van der Waals surface area contributed by atoms with Crippen LogP contribution in [0.3, 0.4) is 0 Å². The number of nitrogens with zero attached hydrogens (tertiary/aromatic N) is 1. The molecular weight excluding hydrogens is 463 g/mol. The molecule has 0 spiro atoms. The molecule has 1 N–H and O–H groups in total. The van der Waals surface area contributed by atoms with E-state index >= 15 is 0 Å². The summed E-state index contributed by atoms with van der Waals surface area (Å²) in [5.41, 5.74) is 4.30. The van der Waals surface area contributed by atoms with Gasteiger partial charge in [-0.05, 0) is 54.7 Å². The molecule has 0 saturated heterocycles. The van der Waals surface area contributed by atoms with Crippen molar-refractivity contribution in [3.05, 3.63) is 85.3 Å². The summed E-state index contributed by atoms with van der Waals surface area (Å²) in [6.07, 6.45) is 1.97. The first-order chi connectivity index (χ1) is 14.5. The fourth-order valence-corrected chi connectivity index (χ4v) is 6.09. The third-order valence-electron chi connectivity index (χ3n) is 5.63. The zero-order chi connectivity index (χ0) is 21.3. The van der Waals surface area contributed by atoms with E-state index < -0.39 is 5.82 Å². The van der Waals surface area contributed by atoms with Crippen LogP contribution in [0.15, 0.2) is 53.0 Å². The van der Waals surface area contributed by atoms with Crippen LogP contribution in [0.5, 0.6) is 0 Å². The summed E-state index contributed by atoms with van der Waals surface area (Å²) in [5.74, 6) is -0.649. The van der Waals surface area contributed by atoms with Gasteiger partial charge in [0.2, 0.25) is 5.91 Å². The smallest absolute Gasteiger partial charge is 0.238 e. The Bertz CT molecular complexity index is 1070. The second-order valence-corrected chi connectivity index (χ2v) is 9.71. The van der Waals surface area contributed by atoms with E-state index in [0.29, 0.717) is 4.47 Å². The average Bonchev–Trinajstić information content (AvgIpc) is 3.05. The second kappa shape index (κ2) is 9.00. The number of anilines is 1. The van der Waals surface area contributed by atoms with Crippen LogP contribution in [-0.4, -0.2) is 23.9 Å². The molecular formula is C24H24BrFN2OS. The van der Waals surface area contributed by atoms with Gasteiger partial charge in [0, 0.05) is 20.8 Å². The monoisotopic (exact) mass is 486 g/mol. The third-order valence-corrected chi connectivity index (χ3v) is 7.37. The SMILES string of the molecule is CCc1c(C)sc2c1CCN(CC(=O)Nc1ccc(Br)cc1F)[C@H]2c1ccccc1. The number of benzene rings is 2. The lowest BCUT2D eigenvalue weighted by Crippen LogP contribution is -2.40. The van der Waals surface area contributed by atoms with Crippen LogP contribution in [-0.2, 0) is 17.6 Å². The molecule has 0 saturated carbocycles. The third kappa shape index (κ3) is 4.22. The molecule has 156 valence electrons. The number of hydrogen-bond acceptors (Lipinski definition) is 3. The van der Waals surface area contributed by atoms with Crippen molar-refractivity contribution in [1.29, 1.82) is 0 Å². The van der Waals surface area contributed by atoms with Crippen molar-refractivity contribution in [3.8, 4) is 0 Å². The Labute approximate surface area is 189 Å². The standard InChI is InChI=1S/C24H24BrFN2OS/c1-3-18-15(2)30-24-19(18)11-12-28(23(24)16-7-5-4-6-8-16)14-22(29)27-21-10-9-17(25)13-20(21)26/h4-10,13,23H,3,11-12,14H2,1-2H3,(H,27,29)/t23-/m0/s1. The van der Waals surface area contributed by atoms with Gasteiger partial charge in [-0.2, -0.15) is 0 Å². The van der Waals surface area contributed by atoms with Gasteiger partial charge in [-0.15, -0.1) is 11.3 Å². The number of carbonyl (C=O) groups excluding carboxylic acids is 1. The molecule has 2 aromatic carbocycles. The molecule has 1 aliphatic heterocycles. The van der Waals surface area contributed by atoms with Crippen LogP contribution in [0.25, 0.3) is 0 Å². The minimum Gasteiger partial charge on any atom is -0.322 e. The summed E-state index contributed by atoms with van der Waals surface area (Å²) >= 11 is 5.09. The highest BCUT2D eigenvalue weighted by Crippen LogP contribution is 2.42. The van der Waals surface area contributed by atoms with E-state index in [-0.39, 0.29) is 24.2 Å². The van der Waals surface area contributed by atoms with E-state index in [1.165, 1.54) is 32.5 Å².